The third-order valence-corrected chi connectivity index (χ3v) is 8.38. The quantitative estimate of drug-likeness (QED) is 0.246. The zero-order chi connectivity index (χ0) is 30.1. The second kappa shape index (κ2) is 14.7. The zero-order valence-corrected chi connectivity index (χ0v) is 24.6. The molecule has 3 heterocycles. The molecule has 1 amide bonds. The minimum absolute atomic E-state index is 0.118. The van der Waals surface area contributed by atoms with Crippen LogP contribution in [0.4, 0.5) is 10.2 Å². The lowest BCUT2D eigenvalue weighted by atomic mass is 9.91. The summed E-state index contributed by atoms with van der Waals surface area (Å²) >= 11 is 6.32. The van der Waals surface area contributed by atoms with Crippen LogP contribution >= 0.6 is 11.6 Å². The van der Waals surface area contributed by atoms with Crippen LogP contribution in [0.15, 0.2) is 24.5 Å². The van der Waals surface area contributed by atoms with Gasteiger partial charge >= 0.3 is 5.97 Å². The Kier molecular flexibility index (Phi) is 11.1. The number of nitrogens with zero attached hydrogens (tertiary/aromatic N) is 4. The molecule has 2 unspecified atom stereocenters. The number of fused-ring (bicyclic) bond motifs is 1. The summed E-state index contributed by atoms with van der Waals surface area (Å²) in [6, 6.07) is 5.07. The van der Waals surface area contributed by atoms with E-state index in [4.69, 9.17) is 21.3 Å². The normalized spacial score (nSPS) is 16.5. The molecule has 12 heteroatoms. The van der Waals surface area contributed by atoms with Gasteiger partial charge in [-0.1, -0.05) is 17.7 Å². The molecule has 2 aromatic heterocycles. The maximum Gasteiger partial charge on any atom is 0.326 e. The highest BCUT2D eigenvalue weighted by molar-refractivity contribution is 6.32. The Morgan fingerprint density at radius 2 is 2.12 bits per heavy atom. The van der Waals surface area contributed by atoms with E-state index in [0.717, 1.165) is 50.2 Å². The Morgan fingerprint density at radius 3 is 2.81 bits per heavy atom. The van der Waals surface area contributed by atoms with E-state index in [2.05, 4.69) is 27.8 Å². The lowest BCUT2D eigenvalue weighted by Crippen LogP contribution is -2.48. The maximum absolute atomic E-state index is 13.5. The second-order valence-corrected chi connectivity index (χ2v) is 11.4. The number of carboxylic acids is 1. The first kappa shape index (κ1) is 31.6. The van der Waals surface area contributed by atoms with Crippen molar-refractivity contribution in [3.8, 4) is 6.07 Å². The summed E-state index contributed by atoms with van der Waals surface area (Å²) < 4.78 is 18.8. The Morgan fingerprint density at radius 1 is 1.31 bits per heavy atom. The van der Waals surface area contributed by atoms with Crippen molar-refractivity contribution in [1.29, 1.82) is 5.26 Å². The number of methoxy groups -OCH3 is 1. The molecule has 1 aliphatic heterocycles. The number of rotatable bonds is 16. The van der Waals surface area contributed by atoms with Gasteiger partial charge in [0.2, 0.25) is 5.91 Å². The molecule has 0 spiro atoms. The number of unbranched alkanes of at least 4 members (excludes halogenated alkanes) is 1. The van der Waals surface area contributed by atoms with Crippen molar-refractivity contribution in [3.05, 3.63) is 51.9 Å². The number of carbonyl (C=O) groups excluding carboxylic acids is 1. The van der Waals surface area contributed by atoms with Crippen LogP contribution in [-0.2, 0) is 32.6 Å². The molecular formula is C30H38ClFN6O4. The molecule has 1 saturated carbocycles. The van der Waals surface area contributed by atoms with Gasteiger partial charge in [0.05, 0.1) is 22.1 Å². The number of ether oxygens (including phenoxy) is 1. The predicted octanol–water partition coefficient (Wildman–Crippen LogP) is 3.66. The summed E-state index contributed by atoms with van der Waals surface area (Å²) in [5, 5.41) is 25.7. The van der Waals surface area contributed by atoms with E-state index in [-0.39, 0.29) is 17.0 Å². The Hall–Kier alpha value is -3.33. The molecule has 2 aromatic rings. The number of pyridine rings is 2. The average Bonchev–Trinajstić information content (AvgIpc) is 3.80. The van der Waals surface area contributed by atoms with E-state index in [0.29, 0.717) is 38.0 Å². The van der Waals surface area contributed by atoms with E-state index in [1.165, 1.54) is 25.1 Å². The Balaban J connectivity index is 1.35. The number of alkyl halides is 1. The molecular weight excluding hydrogens is 563 g/mol. The molecule has 0 bridgehead atoms. The minimum Gasteiger partial charge on any atom is -0.480 e. The van der Waals surface area contributed by atoms with Crippen LogP contribution in [0, 0.1) is 11.3 Å². The van der Waals surface area contributed by atoms with Gasteiger partial charge in [0.25, 0.3) is 0 Å². The molecule has 2 atom stereocenters. The van der Waals surface area contributed by atoms with E-state index in [1.54, 1.807) is 0 Å². The summed E-state index contributed by atoms with van der Waals surface area (Å²) in [6.07, 6.45) is 7.76. The molecule has 0 aromatic carbocycles. The highest BCUT2D eigenvalue weighted by atomic mass is 35.5. The summed E-state index contributed by atoms with van der Waals surface area (Å²) in [7, 11) is 1.45. The molecule has 0 saturated heterocycles. The third kappa shape index (κ3) is 7.73. The van der Waals surface area contributed by atoms with Gasteiger partial charge < -0.3 is 25.4 Å². The number of hydrogen-bond acceptors (Lipinski definition) is 8. The van der Waals surface area contributed by atoms with Crippen LogP contribution in [0.2, 0.25) is 5.02 Å². The summed E-state index contributed by atoms with van der Waals surface area (Å²) in [4.78, 5) is 36.2. The fourth-order valence-electron chi connectivity index (χ4n) is 5.51. The van der Waals surface area contributed by atoms with Gasteiger partial charge in [0, 0.05) is 50.4 Å². The first-order valence-corrected chi connectivity index (χ1v) is 14.8. The number of nitriles is 1. The Labute approximate surface area is 250 Å². The van der Waals surface area contributed by atoms with Gasteiger partial charge in [0.1, 0.15) is 24.6 Å². The van der Waals surface area contributed by atoms with Crippen molar-refractivity contribution in [3.63, 3.8) is 0 Å². The number of anilines is 1. The van der Waals surface area contributed by atoms with Crippen LogP contribution < -0.4 is 10.6 Å². The average molecular weight is 601 g/mol. The van der Waals surface area contributed by atoms with Gasteiger partial charge in [0.15, 0.2) is 0 Å². The summed E-state index contributed by atoms with van der Waals surface area (Å²) in [5.41, 5.74) is 1.81. The number of halogens is 2. The molecule has 4 rings (SSSR count). The lowest BCUT2D eigenvalue weighted by Gasteiger charge is -2.28. The van der Waals surface area contributed by atoms with Crippen molar-refractivity contribution in [2.45, 2.75) is 68.9 Å². The van der Waals surface area contributed by atoms with E-state index >= 15 is 0 Å². The first-order valence-electron chi connectivity index (χ1n) is 14.4. The number of aromatic nitrogens is 2. The fraction of sp³-hybridized carbons (Fsp3) is 0.567. The number of carbonyl (C=O) groups is 2. The van der Waals surface area contributed by atoms with Crippen LogP contribution in [0.1, 0.15) is 60.9 Å². The van der Waals surface area contributed by atoms with Crippen molar-refractivity contribution in [1.82, 2.24) is 20.2 Å². The van der Waals surface area contributed by atoms with Gasteiger partial charge in [-0.05, 0) is 69.5 Å². The zero-order valence-electron chi connectivity index (χ0n) is 23.9. The molecule has 3 N–H and O–H groups in total. The van der Waals surface area contributed by atoms with Crippen LogP contribution in [0.3, 0.4) is 0 Å². The number of aliphatic carboxylic acids is 1. The topological polar surface area (TPSA) is 140 Å². The van der Waals surface area contributed by atoms with Crippen LogP contribution in [0.25, 0.3) is 0 Å². The summed E-state index contributed by atoms with van der Waals surface area (Å²) in [6.45, 7) is 1.52. The highest BCUT2D eigenvalue weighted by Gasteiger charge is 2.54. The Bertz CT molecular complexity index is 1300. The monoisotopic (exact) mass is 600 g/mol. The highest BCUT2D eigenvalue weighted by Crippen LogP contribution is 2.51. The van der Waals surface area contributed by atoms with E-state index in [1.807, 2.05) is 11.0 Å². The molecule has 42 heavy (non-hydrogen) atoms. The van der Waals surface area contributed by atoms with Gasteiger partial charge in [-0.15, -0.1) is 0 Å². The van der Waals surface area contributed by atoms with Gasteiger partial charge in [-0.25, -0.2) is 14.2 Å². The largest absolute Gasteiger partial charge is 0.480 e. The molecule has 0 radical (unpaired) electrons. The van der Waals surface area contributed by atoms with Gasteiger partial charge in [-0.3, -0.25) is 9.78 Å². The first-order chi connectivity index (χ1) is 20.3. The van der Waals surface area contributed by atoms with Crippen molar-refractivity contribution in [2.75, 3.05) is 45.3 Å². The van der Waals surface area contributed by atoms with Crippen molar-refractivity contribution < 1.29 is 23.8 Å². The van der Waals surface area contributed by atoms with Crippen molar-refractivity contribution >= 4 is 29.3 Å². The molecule has 10 nitrogen and oxygen atoms in total. The van der Waals surface area contributed by atoms with Crippen molar-refractivity contribution in [2.24, 2.45) is 0 Å². The molecule has 226 valence electrons. The molecule has 1 fully saturated rings. The number of aryl methyl sites for hydroxylation is 2. The summed E-state index contributed by atoms with van der Waals surface area (Å²) in [5.74, 6) is -0.672. The standard InChI is InChI=1S/C30H38ClFN6O4/c1-42-23(15-32)19-38(13-3-2-6-22-8-7-20-5-4-12-35-27(20)36-22)14-9-25(28(39)40)37-29(41)30(10-11-30)26-21(16-33)17-34-18-24(26)31/h7-8,17-18,23,25H,2-6,9-15,19H2,1H3,(H,35,36)(H,37,41)(H,39,40). The number of amides is 1. The van der Waals surface area contributed by atoms with Gasteiger partial charge in [-0.2, -0.15) is 5.26 Å². The van der Waals surface area contributed by atoms with Crippen LogP contribution in [-0.4, -0.2) is 84.0 Å². The maximum atomic E-state index is 13.5. The second-order valence-electron chi connectivity index (χ2n) is 11.0. The van der Waals surface area contributed by atoms with E-state index < -0.39 is 36.1 Å². The van der Waals surface area contributed by atoms with Crippen LogP contribution in [0.5, 0.6) is 0 Å². The third-order valence-electron chi connectivity index (χ3n) is 8.10. The number of hydrogen-bond donors (Lipinski definition) is 3. The minimum atomic E-state index is -1.17. The van der Waals surface area contributed by atoms with E-state index in [9.17, 15) is 24.3 Å². The number of nitrogens with one attached hydrogen (secondary N) is 2. The predicted molar refractivity (Wildman–Crippen MR) is 156 cm³/mol. The number of carboxylic acid groups (broad SMARTS) is 1. The molecule has 1 aliphatic carbocycles. The lowest BCUT2D eigenvalue weighted by molar-refractivity contribution is -0.142. The smallest absolute Gasteiger partial charge is 0.326 e. The SMILES string of the molecule is COC(CF)CN(CCCCc1ccc2c(n1)NCCC2)CCC(NC(=O)C1(c2c(Cl)cncc2C#N)CC1)C(=O)O. The molecule has 2 aliphatic rings. The fourth-order valence-corrected chi connectivity index (χ4v) is 5.84.